The molecular formula is C45H59N3O9. The molecule has 308 valence electrons. The summed E-state index contributed by atoms with van der Waals surface area (Å²) in [4.78, 5) is 48.9. The molecule has 0 spiro atoms. The molecule has 6 aliphatic rings. The van der Waals surface area contributed by atoms with Gasteiger partial charge in [0, 0.05) is 37.9 Å². The summed E-state index contributed by atoms with van der Waals surface area (Å²) in [6.45, 7) is 4.72. The van der Waals surface area contributed by atoms with Crippen LogP contribution in [0.3, 0.4) is 0 Å². The smallest absolute Gasteiger partial charge is 0.327 e. The van der Waals surface area contributed by atoms with Crippen molar-refractivity contribution in [1.82, 2.24) is 15.7 Å². The molecule has 3 unspecified atom stereocenters. The summed E-state index contributed by atoms with van der Waals surface area (Å²) < 4.78 is 26.0. The fourth-order valence-electron chi connectivity index (χ4n) is 10.00. The summed E-state index contributed by atoms with van der Waals surface area (Å²) >= 11 is 0. The van der Waals surface area contributed by atoms with Crippen LogP contribution in [0.4, 0.5) is 0 Å². The number of unbranched alkanes of at least 4 members (excludes halogenated alkanes) is 4. The number of ether oxygens (including phenoxy) is 4. The lowest BCUT2D eigenvalue weighted by atomic mass is 9.62. The van der Waals surface area contributed by atoms with Crippen LogP contribution in [-0.2, 0) is 46.5 Å². The number of aliphatic hydroxyl groups is 1. The van der Waals surface area contributed by atoms with E-state index in [9.17, 15) is 19.5 Å². The number of carbonyl (C=O) groups excluding carboxylic acids is 3. The fourth-order valence-corrected chi connectivity index (χ4v) is 10.00. The van der Waals surface area contributed by atoms with Crippen molar-refractivity contribution < 1.29 is 43.3 Å². The van der Waals surface area contributed by atoms with E-state index in [4.69, 9.17) is 23.8 Å². The zero-order valence-electron chi connectivity index (χ0n) is 33.4. The van der Waals surface area contributed by atoms with Gasteiger partial charge in [0.1, 0.15) is 29.8 Å². The van der Waals surface area contributed by atoms with Gasteiger partial charge in [0.15, 0.2) is 11.8 Å². The highest BCUT2D eigenvalue weighted by Crippen LogP contribution is 2.58. The normalized spacial score (nSPS) is 32.1. The average Bonchev–Trinajstić information content (AvgIpc) is 3.77. The molecule has 12 nitrogen and oxygen atoms in total. The molecule has 12 heteroatoms. The molecule has 4 saturated heterocycles. The highest BCUT2D eigenvalue weighted by molar-refractivity contribution is 5.95. The molecule has 4 heterocycles. The Morgan fingerprint density at radius 2 is 1.72 bits per heavy atom. The van der Waals surface area contributed by atoms with Gasteiger partial charge in [0.25, 0.3) is 5.91 Å². The van der Waals surface area contributed by atoms with Gasteiger partial charge >= 0.3 is 5.97 Å². The second-order valence-corrected chi connectivity index (χ2v) is 16.9. The number of epoxide rings is 1. The molecule has 9 atom stereocenters. The number of esters is 1. The molecule has 2 aromatic carbocycles. The standard InChI is InChI=1S/C45H59N3O9/c1-3-5-9-20-44(21-10-6-4-2)55-37-36-26-45(43(52)47-27-30-12-11-15-32(24-30)41(50)46-22-23-49)39(42(51)54-36)48(57-40(45)38(37)56-44)28-33-14-8-7-13-31(33)18-16-29-17-19-34-35(25-29)53-34/h7-8,11-16,18,24,29,34-40,49H,3-6,9-10,17,19-23,25-28H2,1-2H3,(H,46,50)(H,47,52)/t29?,34?,35?,36-,37+,38+,39+,40-,45+/m1/s1. The molecule has 0 aromatic heterocycles. The monoisotopic (exact) mass is 785 g/mol. The van der Waals surface area contributed by atoms with Crippen molar-refractivity contribution in [2.45, 2.75) is 152 Å². The van der Waals surface area contributed by atoms with E-state index < -0.39 is 47.6 Å². The van der Waals surface area contributed by atoms with Gasteiger partial charge in [-0.1, -0.05) is 88.1 Å². The lowest BCUT2D eigenvalue weighted by molar-refractivity contribution is -0.224. The maximum Gasteiger partial charge on any atom is 0.327 e. The quantitative estimate of drug-likeness (QED) is 0.0971. The number of nitrogens with zero attached hydrogens (tertiary/aromatic N) is 1. The molecular weight excluding hydrogens is 727 g/mol. The molecule has 3 N–H and O–H groups in total. The van der Waals surface area contributed by atoms with E-state index in [1.807, 2.05) is 24.3 Å². The van der Waals surface area contributed by atoms with Crippen molar-refractivity contribution in [3.8, 4) is 0 Å². The lowest BCUT2D eigenvalue weighted by Gasteiger charge is -2.48. The molecule has 2 amide bonds. The van der Waals surface area contributed by atoms with Crippen molar-refractivity contribution in [2.24, 2.45) is 11.3 Å². The minimum atomic E-state index is -1.32. The molecule has 4 aliphatic heterocycles. The topological polar surface area (TPSA) is 148 Å². The second-order valence-electron chi connectivity index (χ2n) is 16.9. The predicted molar refractivity (Wildman–Crippen MR) is 211 cm³/mol. The van der Waals surface area contributed by atoms with Crippen LogP contribution >= 0.6 is 0 Å². The van der Waals surface area contributed by atoms with Crippen molar-refractivity contribution in [3.63, 3.8) is 0 Å². The van der Waals surface area contributed by atoms with E-state index in [0.717, 1.165) is 74.5 Å². The number of amides is 2. The summed E-state index contributed by atoms with van der Waals surface area (Å²) in [5.74, 6) is -1.54. The number of carbonyl (C=O) groups is 3. The molecule has 2 aliphatic carbocycles. The van der Waals surface area contributed by atoms with Crippen LogP contribution < -0.4 is 10.6 Å². The van der Waals surface area contributed by atoms with Crippen LogP contribution in [-0.4, -0.2) is 89.6 Å². The van der Waals surface area contributed by atoms with Gasteiger partial charge in [0.2, 0.25) is 5.91 Å². The molecule has 8 rings (SSSR count). The van der Waals surface area contributed by atoms with E-state index in [1.165, 1.54) is 0 Å². The number of hydrogen-bond acceptors (Lipinski definition) is 10. The van der Waals surface area contributed by atoms with Gasteiger partial charge in [-0.15, -0.1) is 0 Å². The number of hydroxylamine groups is 2. The van der Waals surface area contributed by atoms with Crippen molar-refractivity contribution in [3.05, 3.63) is 76.9 Å². The number of rotatable bonds is 18. The highest BCUT2D eigenvalue weighted by atomic mass is 16.8. The zero-order chi connectivity index (χ0) is 39.6. The Bertz CT molecular complexity index is 1790. The number of hydrogen-bond donors (Lipinski definition) is 3. The first-order valence-electron chi connectivity index (χ1n) is 21.4. The fraction of sp³-hybridized carbons (Fsp3) is 0.622. The third kappa shape index (κ3) is 8.18. The van der Waals surface area contributed by atoms with Crippen molar-refractivity contribution >= 4 is 23.9 Å². The molecule has 2 bridgehead atoms. The first kappa shape index (κ1) is 40.1. The average molecular weight is 786 g/mol. The van der Waals surface area contributed by atoms with Gasteiger partial charge in [-0.2, -0.15) is 5.06 Å². The summed E-state index contributed by atoms with van der Waals surface area (Å²) in [5.41, 5.74) is 1.82. The van der Waals surface area contributed by atoms with Crippen molar-refractivity contribution in [2.75, 3.05) is 13.2 Å². The number of benzene rings is 2. The summed E-state index contributed by atoms with van der Waals surface area (Å²) in [5, 5.41) is 16.7. The maximum absolute atomic E-state index is 15.0. The zero-order valence-corrected chi connectivity index (χ0v) is 33.4. The van der Waals surface area contributed by atoms with E-state index in [-0.39, 0.29) is 44.5 Å². The van der Waals surface area contributed by atoms with Gasteiger partial charge in [-0.3, -0.25) is 19.2 Å². The van der Waals surface area contributed by atoms with Crippen LogP contribution in [0.25, 0.3) is 6.08 Å². The Morgan fingerprint density at radius 3 is 2.49 bits per heavy atom. The first-order valence-corrected chi connectivity index (χ1v) is 21.4. The summed E-state index contributed by atoms with van der Waals surface area (Å²) in [6.07, 6.45) is 13.6. The Balaban J connectivity index is 1.09. The summed E-state index contributed by atoms with van der Waals surface area (Å²) in [6, 6.07) is 14.1. The highest BCUT2D eigenvalue weighted by Gasteiger charge is 2.76. The maximum atomic E-state index is 15.0. The Labute approximate surface area is 335 Å². The van der Waals surface area contributed by atoms with Crippen LogP contribution in [0.2, 0.25) is 0 Å². The number of nitrogens with one attached hydrogen (secondary N) is 2. The van der Waals surface area contributed by atoms with Gasteiger partial charge < -0.3 is 34.7 Å². The van der Waals surface area contributed by atoms with E-state index in [2.05, 4.69) is 42.7 Å². The van der Waals surface area contributed by atoms with Crippen LogP contribution in [0.5, 0.6) is 0 Å². The van der Waals surface area contributed by atoms with E-state index in [0.29, 0.717) is 36.5 Å². The number of allylic oxidation sites excluding steroid dienone is 1. The molecule has 2 saturated carbocycles. The SMILES string of the molecule is CCCCCC1(CCCCC)O[C@@H]2[C@H](O1)[C@H]1ON(Cc3ccccc3C=CC3CCC4OC4C3)[C@H]3C(=O)O[C@@H]2C[C@@]13C(=O)NCc1cccc(C(=O)NCCO)c1. The molecule has 6 fully saturated rings. The van der Waals surface area contributed by atoms with Crippen LogP contribution in [0.15, 0.2) is 54.6 Å². The lowest BCUT2D eigenvalue weighted by Crippen LogP contribution is -2.69. The second kappa shape index (κ2) is 17.3. The van der Waals surface area contributed by atoms with Gasteiger partial charge in [-0.05, 0) is 66.8 Å². The van der Waals surface area contributed by atoms with Crippen LogP contribution in [0, 0.1) is 11.3 Å². The number of aliphatic hydroxyl groups excluding tert-OH is 1. The van der Waals surface area contributed by atoms with Crippen molar-refractivity contribution in [1.29, 1.82) is 0 Å². The van der Waals surface area contributed by atoms with E-state index >= 15 is 0 Å². The predicted octanol–water partition coefficient (Wildman–Crippen LogP) is 5.75. The first-order chi connectivity index (χ1) is 27.8. The Morgan fingerprint density at radius 1 is 0.930 bits per heavy atom. The largest absolute Gasteiger partial charge is 0.458 e. The number of fused-ring (bicyclic) bond motifs is 5. The Kier molecular flexibility index (Phi) is 12.2. The molecule has 57 heavy (non-hydrogen) atoms. The van der Waals surface area contributed by atoms with Crippen LogP contribution in [0.1, 0.15) is 118 Å². The summed E-state index contributed by atoms with van der Waals surface area (Å²) in [7, 11) is 0. The Hall–Kier alpha value is -3.65. The minimum Gasteiger partial charge on any atom is -0.458 e. The van der Waals surface area contributed by atoms with Gasteiger partial charge in [0.05, 0.1) is 25.4 Å². The third-order valence-electron chi connectivity index (χ3n) is 13.0. The third-order valence-corrected chi connectivity index (χ3v) is 13.0. The van der Waals surface area contributed by atoms with Gasteiger partial charge in [-0.25, -0.2) is 0 Å². The van der Waals surface area contributed by atoms with E-state index in [1.54, 1.807) is 23.3 Å². The minimum absolute atomic E-state index is 0.131. The molecule has 2 aromatic rings. The molecule has 0 radical (unpaired) electrons.